The fourth-order valence-electron chi connectivity index (χ4n) is 2.88. The van der Waals surface area contributed by atoms with E-state index in [9.17, 15) is 14.0 Å². The monoisotopic (exact) mass is 417 g/mol. The Morgan fingerprint density at radius 1 is 1.24 bits per heavy atom. The molecule has 0 radical (unpaired) electrons. The van der Waals surface area contributed by atoms with Crippen LogP contribution in [0, 0.1) is 5.82 Å². The molecule has 0 aliphatic heterocycles. The molecule has 0 unspecified atom stereocenters. The van der Waals surface area contributed by atoms with Crippen molar-refractivity contribution in [2.24, 2.45) is 0 Å². The SMILES string of the molecule is CC(C)(C)OC(=O)NCCc1nc2cccc(Cl)c2c(=O)n1-c1cccc(F)c1. The molecule has 0 atom stereocenters. The second-order valence-electron chi connectivity index (χ2n) is 7.46. The van der Waals surface area contributed by atoms with Crippen LogP contribution in [0.25, 0.3) is 16.6 Å². The van der Waals surface area contributed by atoms with Crippen molar-refractivity contribution in [2.75, 3.05) is 6.54 Å². The number of hydrogen-bond acceptors (Lipinski definition) is 4. The molecule has 29 heavy (non-hydrogen) atoms. The molecule has 0 aliphatic carbocycles. The van der Waals surface area contributed by atoms with Crippen molar-refractivity contribution in [3.8, 4) is 5.69 Å². The van der Waals surface area contributed by atoms with E-state index in [4.69, 9.17) is 16.3 Å². The summed E-state index contributed by atoms with van der Waals surface area (Å²) in [4.78, 5) is 29.6. The molecule has 0 fully saturated rings. The van der Waals surface area contributed by atoms with Crippen LogP contribution in [0.5, 0.6) is 0 Å². The quantitative estimate of drug-likeness (QED) is 0.688. The molecule has 2 aromatic carbocycles. The summed E-state index contributed by atoms with van der Waals surface area (Å²) in [5, 5.41) is 3.16. The van der Waals surface area contributed by atoms with Gasteiger partial charge in [-0.15, -0.1) is 0 Å². The number of carbonyl (C=O) groups is 1. The lowest BCUT2D eigenvalue weighted by molar-refractivity contribution is 0.0528. The van der Waals surface area contributed by atoms with E-state index in [0.29, 0.717) is 17.0 Å². The van der Waals surface area contributed by atoms with Gasteiger partial charge < -0.3 is 10.1 Å². The van der Waals surface area contributed by atoms with Gasteiger partial charge in [0, 0.05) is 13.0 Å². The van der Waals surface area contributed by atoms with E-state index in [1.54, 1.807) is 45.0 Å². The number of alkyl carbamates (subject to hydrolysis) is 1. The van der Waals surface area contributed by atoms with Crippen molar-refractivity contribution >= 4 is 28.6 Å². The molecule has 0 bridgehead atoms. The van der Waals surface area contributed by atoms with Gasteiger partial charge in [-0.2, -0.15) is 0 Å². The molecule has 1 heterocycles. The van der Waals surface area contributed by atoms with Crippen LogP contribution < -0.4 is 10.9 Å². The zero-order valence-electron chi connectivity index (χ0n) is 16.3. The lowest BCUT2D eigenvalue weighted by atomic mass is 10.2. The first-order valence-electron chi connectivity index (χ1n) is 9.08. The zero-order valence-corrected chi connectivity index (χ0v) is 17.1. The minimum Gasteiger partial charge on any atom is -0.444 e. The number of nitrogens with one attached hydrogen (secondary N) is 1. The molecule has 0 saturated heterocycles. The zero-order chi connectivity index (χ0) is 21.2. The molecule has 3 rings (SSSR count). The number of hydrogen-bond donors (Lipinski definition) is 1. The summed E-state index contributed by atoms with van der Waals surface area (Å²) in [6.07, 6.45) is -0.339. The molecular weight excluding hydrogens is 397 g/mol. The molecule has 0 saturated carbocycles. The number of amides is 1. The molecule has 152 valence electrons. The Labute approximate surface area is 172 Å². The Balaban J connectivity index is 2.00. The van der Waals surface area contributed by atoms with Gasteiger partial charge in [0.25, 0.3) is 5.56 Å². The number of halogens is 2. The molecule has 0 aliphatic rings. The maximum Gasteiger partial charge on any atom is 0.407 e. The lowest BCUT2D eigenvalue weighted by Gasteiger charge is -2.20. The Morgan fingerprint density at radius 2 is 1.97 bits per heavy atom. The largest absolute Gasteiger partial charge is 0.444 e. The van der Waals surface area contributed by atoms with Crippen molar-refractivity contribution in [3.63, 3.8) is 0 Å². The van der Waals surface area contributed by atoms with Crippen LogP contribution >= 0.6 is 11.6 Å². The highest BCUT2D eigenvalue weighted by Crippen LogP contribution is 2.21. The topological polar surface area (TPSA) is 73.2 Å². The summed E-state index contributed by atoms with van der Waals surface area (Å²) in [5.74, 6) is -0.113. The van der Waals surface area contributed by atoms with Gasteiger partial charge in [-0.3, -0.25) is 9.36 Å². The minimum atomic E-state index is -0.619. The predicted molar refractivity (Wildman–Crippen MR) is 110 cm³/mol. The summed E-state index contributed by atoms with van der Waals surface area (Å²) >= 11 is 6.21. The number of carbonyl (C=O) groups excluding carboxylic acids is 1. The third kappa shape index (κ3) is 4.92. The summed E-state index contributed by atoms with van der Waals surface area (Å²) in [6, 6.07) is 10.6. The van der Waals surface area contributed by atoms with Gasteiger partial charge in [0.2, 0.25) is 0 Å². The standard InChI is InChI=1S/C21H21ClFN3O3/c1-21(2,3)29-20(28)24-11-10-17-25-16-9-5-8-15(22)18(16)19(27)26(17)14-7-4-6-13(23)12-14/h4-9,12H,10-11H2,1-3H3,(H,24,28). The number of fused-ring (bicyclic) bond motifs is 1. The molecule has 1 N–H and O–H groups in total. The Bertz CT molecular complexity index is 1120. The van der Waals surface area contributed by atoms with Crippen molar-refractivity contribution in [1.82, 2.24) is 14.9 Å². The lowest BCUT2D eigenvalue weighted by Crippen LogP contribution is -2.34. The van der Waals surface area contributed by atoms with Crippen LogP contribution in [0.1, 0.15) is 26.6 Å². The van der Waals surface area contributed by atoms with Crippen LogP contribution in [-0.4, -0.2) is 27.8 Å². The van der Waals surface area contributed by atoms with Gasteiger partial charge in [-0.05, 0) is 51.1 Å². The fraction of sp³-hybridized carbons (Fsp3) is 0.286. The van der Waals surface area contributed by atoms with E-state index >= 15 is 0 Å². The maximum atomic E-state index is 13.8. The van der Waals surface area contributed by atoms with Crippen molar-refractivity contribution in [3.05, 3.63) is 69.5 Å². The number of benzene rings is 2. The first-order chi connectivity index (χ1) is 13.7. The predicted octanol–water partition coefficient (Wildman–Crippen LogP) is 4.25. The highest BCUT2D eigenvalue weighted by molar-refractivity contribution is 6.35. The van der Waals surface area contributed by atoms with E-state index in [1.165, 1.54) is 22.8 Å². The van der Waals surface area contributed by atoms with Crippen molar-refractivity contribution in [2.45, 2.75) is 32.8 Å². The van der Waals surface area contributed by atoms with Crippen LogP contribution in [-0.2, 0) is 11.2 Å². The highest BCUT2D eigenvalue weighted by Gasteiger charge is 2.18. The average molecular weight is 418 g/mol. The first-order valence-corrected chi connectivity index (χ1v) is 9.46. The van der Waals surface area contributed by atoms with Gasteiger partial charge in [-0.25, -0.2) is 14.2 Å². The molecule has 0 spiro atoms. The number of ether oxygens (including phenoxy) is 1. The van der Waals surface area contributed by atoms with E-state index < -0.39 is 23.1 Å². The van der Waals surface area contributed by atoms with Crippen LogP contribution in [0.4, 0.5) is 9.18 Å². The van der Waals surface area contributed by atoms with Crippen LogP contribution in [0.2, 0.25) is 5.02 Å². The normalized spacial score (nSPS) is 11.5. The van der Waals surface area contributed by atoms with E-state index in [-0.39, 0.29) is 23.4 Å². The van der Waals surface area contributed by atoms with Crippen LogP contribution in [0.15, 0.2) is 47.3 Å². The van der Waals surface area contributed by atoms with Crippen LogP contribution in [0.3, 0.4) is 0 Å². The number of rotatable bonds is 4. The van der Waals surface area contributed by atoms with Crippen molar-refractivity contribution in [1.29, 1.82) is 0 Å². The smallest absolute Gasteiger partial charge is 0.407 e. The van der Waals surface area contributed by atoms with E-state index in [1.807, 2.05) is 0 Å². The average Bonchev–Trinajstić information content (AvgIpc) is 2.60. The fourth-order valence-corrected chi connectivity index (χ4v) is 3.13. The number of nitrogens with zero attached hydrogens (tertiary/aromatic N) is 2. The third-order valence-corrected chi connectivity index (χ3v) is 4.31. The van der Waals surface area contributed by atoms with E-state index in [2.05, 4.69) is 10.3 Å². The highest BCUT2D eigenvalue weighted by atomic mass is 35.5. The van der Waals surface area contributed by atoms with Crippen molar-refractivity contribution < 1.29 is 13.9 Å². The summed E-state index contributed by atoms with van der Waals surface area (Å²) < 4.78 is 20.3. The molecule has 1 aromatic heterocycles. The Morgan fingerprint density at radius 3 is 2.66 bits per heavy atom. The maximum absolute atomic E-state index is 13.8. The number of aromatic nitrogens is 2. The summed E-state index contributed by atoms with van der Waals surface area (Å²) in [5.41, 5.74) is -0.261. The second kappa shape index (κ2) is 8.21. The van der Waals surface area contributed by atoms with Gasteiger partial charge in [-0.1, -0.05) is 23.7 Å². The molecule has 8 heteroatoms. The molecule has 1 amide bonds. The first kappa shape index (κ1) is 20.8. The van der Waals surface area contributed by atoms with Gasteiger partial charge in [0.15, 0.2) is 0 Å². The Kier molecular flexibility index (Phi) is 5.88. The molecule has 3 aromatic rings. The van der Waals surface area contributed by atoms with Gasteiger partial charge >= 0.3 is 6.09 Å². The van der Waals surface area contributed by atoms with Gasteiger partial charge in [0.1, 0.15) is 17.2 Å². The molecular formula is C21H21ClFN3O3. The second-order valence-corrected chi connectivity index (χ2v) is 7.87. The minimum absolute atomic E-state index is 0.183. The summed E-state index contributed by atoms with van der Waals surface area (Å²) in [6.45, 7) is 5.48. The Hall–Kier alpha value is -2.93. The third-order valence-electron chi connectivity index (χ3n) is 4.00. The summed E-state index contributed by atoms with van der Waals surface area (Å²) in [7, 11) is 0. The van der Waals surface area contributed by atoms with Gasteiger partial charge in [0.05, 0.1) is 21.6 Å². The molecule has 6 nitrogen and oxygen atoms in total. The van der Waals surface area contributed by atoms with E-state index in [0.717, 1.165) is 0 Å².